The van der Waals surface area contributed by atoms with Gasteiger partial charge in [0.1, 0.15) is 0 Å². The Morgan fingerprint density at radius 1 is 1.28 bits per heavy atom. The van der Waals surface area contributed by atoms with Crippen LogP contribution in [0.1, 0.15) is 11.6 Å². The molecule has 0 radical (unpaired) electrons. The number of hydrogen-bond donors (Lipinski definition) is 1. The van der Waals surface area contributed by atoms with E-state index in [0.717, 1.165) is 10.0 Å². The van der Waals surface area contributed by atoms with Gasteiger partial charge in [-0.1, -0.05) is 34.1 Å². The molecule has 1 unspecified atom stereocenters. The van der Waals surface area contributed by atoms with Crippen molar-refractivity contribution in [3.63, 3.8) is 0 Å². The molecule has 1 aliphatic rings. The van der Waals surface area contributed by atoms with Gasteiger partial charge in [0.05, 0.1) is 24.2 Å². The largest absolute Gasteiger partial charge is 0.394 e. The lowest BCUT2D eigenvalue weighted by Gasteiger charge is -2.34. The molecular formula is C12H16BrNO3S. The number of aliphatic hydroxyl groups is 1. The minimum atomic E-state index is -2.88. The number of sulfone groups is 1. The minimum Gasteiger partial charge on any atom is -0.394 e. The molecule has 1 aromatic carbocycles. The zero-order valence-electron chi connectivity index (χ0n) is 9.92. The predicted molar refractivity (Wildman–Crippen MR) is 74.2 cm³/mol. The van der Waals surface area contributed by atoms with Crippen LogP contribution in [-0.4, -0.2) is 49.6 Å². The van der Waals surface area contributed by atoms with Gasteiger partial charge in [0, 0.05) is 17.6 Å². The van der Waals surface area contributed by atoms with Gasteiger partial charge >= 0.3 is 0 Å². The van der Waals surface area contributed by atoms with Crippen molar-refractivity contribution in [1.29, 1.82) is 0 Å². The first-order valence-electron chi connectivity index (χ1n) is 5.83. The monoisotopic (exact) mass is 333 g/mol. The fourth-order valence-electron chi connectivity index (χ4n) is 2.19. The van der Waals surface area contributed by atoms with Crippen molar-refractivity contribution in [2.24, 2.45) is 0 Å². The zero-order valence-corrected chi connectivity index (χ0v) is 12.3. The standard InChI is InChI=1S/C12H16BrNO3S/c13-11-4-2-1-3-10(11)12(9-15)14-5-7-18(16,17)8-6-14/h1-4,12,15H,5-9H2. The van der Waals surface area contributed by atoms with Gasteiger partial charge in [-0.05, 0) is 11.6 Å². The molecule has 6 heteroatoms. The average molecular weight is 334 g/mol. The fraction of sp³-hybridized carbons (Fsp3) is 0.500. The van der Waals surface area contributed by atoms with Crippen molar-refractivity contribution in [2.45, 2.75) is 6.04 Å². The molecule has 0 amide bonds. The Balaban J connectivity index is 2.18. The van der Waals surface area contributed by atoms with E-state index in [4.69, 9.17) is 0 Å². The number of nitrogens with zero attached hydrogens (tertiary/aromatic N) is 1. The zero-order chi connectivity index (χ0) is 13.2. The average Bonchev–Trinajstić information content (AvgIpc) is 2.34. The van der Waals surface area contributed by atoms with E-state index in [9.17, 15) is 13.5 Å². The van der Waals surface area contributed by atoms with Crippen molar-refractivity contribution in [2.75, 3.05) is 31.2 Å². The van der Waals surface area contributed by atoms with Gasteiger partial charge in [0.15, 0.2) is 9.84 Å². The predicted octanol–water partition coefficient (Wildman–Crippen LogP) is 1.21. The van der Waals surface area contributed by atoms with Gasteiger partial charge in [-0.2, -0.15) is 0 Å². The summed E-state index contributed by atoms with van der Waals surface area (Å²) in [6.07, 6.45) is 0. The third kappa shape index (κ3) is 3.12. The Labute approximate surface area is 116 Å². The highest BCUT2D eigenvalue weighted by atomic mass is 79.9. The Morgan fingerprint density at radius 2 is 1.89 bits per heavy atom. The van der Waals surface area contributed by atoms with Crippen molar-refractivity contribution < 1.29 is 13.5 Å². The summed E-state index contributed by atoms with van der Waals surface area (Å²) in [6, 6.07) is 7.58. The summed E-state index contributed by atoms with van der Waals surface area (Å²) < 4.78 is 23.8. The molecule has 0 bridgehead atoms. The molecular weight excluding hydrogens is 318 g/mol. The summed E-state index contributed by atoms with van der Waals surface area (Å²) in [5.74, 6) is 0.349. The number of aliphatic hydroxyl groups excluding tert-OH is 1. The molecule has 100 valence electrons. The van der Waals surface area contributed by atoms with Gasteiger partial charge in [0.2, 0.25) is 0 Å². The Bertz CT molecular complexity index is 504. The Kier molecular flexibility index (Phi) is 4.42. The van der Waals surface area contributed by atoms with Gasteiger partial charge < -0.3 is 5.11 Å². The van der Waals surface area contributed by atoms with Crippen LogP contribution in [0.3, 0.4) is 0 Å². The van der Waals surface area contributed by atoms with Gasteiger partial charge in [-0.25, -0.2) is 8.42 Å². The SMILES string of the molecule is O=S1(=O)CCN(C(CO)c2ccccc2Br)CC1. The number of benzene rings is 1. The number of rotatable bonds is 3. The van der Waals surface area contributed by atoms with E-state index in [0.29, 0.717) is 13.1 Å². The molecule has 1 heterocycles. The molecule has 0 spiro atoms. The van der Waals surface area contributed by atoms with E-state index < -0.39 is 9.84 Å². The molecule has 4 nitrogen and oxygen atoms in total. The maximum absolute atomic E-state index is 11.4. The lowest BCUT2D eigenvalue weighted by molar-refractivity contribution is 0.131. The van der Waals surface area contributed by atoms with Crippen LogP contribution in [-0.2, 0) is 9.84 Å². The van der Waals surface area contributed by atoms with Gasteiger partial charge in [-0.15, -0.1) is 0 Å². The van der Waals surface area contributed by atoms with Crippen molar-refractivity contribution in [3.8, 4) is 0 Å². The Hall–Kier alpha value is -0.430. The van der Waals surface area contributed by atoms with Crippen LogP contribution in [0, 0.1) is 0 Å². The van der Waals surface area contributed by atoms with Crippen LogP contribution in [0.4, 0.5) is 0 Å². The number of halogens is 1. The lowest BCUT2D eigenvalue weighted by Crippen LogP contribution is -2.43. The first-order chi connectivity index (χ1) is 8.53. The molecule has 1 N–H and O–H groups in total. The van der Waals surface area contributed by atoms with Crippen LogP contribution in [0.25, 0.3) is 0 Å². The smallest absolute Gasteiger partial charge is 0.152 e. The molecule has 1 aromatic rings. The highest BCUT2D eigenvalue weighted by Crippen LogP contribution is 2.28. The lowest BCUT2D eigenvalue weighted by atomic mass is 10.1. The van der Waals surface area contributed by atoms with E-state index >= 15 is 0 Å². The molecule has 2 rings (SSSR count). The molecule has 1 saturated heterocycles. The second-order valence-electron chi connectivity index (χ2n) is 4.41. The quantitative estimate of drug-likeness (QED) is 0.903. The van der Waals surface area contributed by atoms with Crippen LogP contribution in [0.2, 0.25) is 0 Å². The molecule has 18 heavy (non-hydrogen) atoms. The normalized spacial score (nSPS) is 21.7. The summed E-state index contributed by atoms with van der Waals surface area (Å²) in [7, 11) is -2.88. The summed E-state index contributed by atoms with van der Waals surface area (Å²) in [4.78, 5) is 2.03. The maximum atomic E-state index is 11.4. The molecule has 0 aromatic heterocycles. The maximum Gasteiger partial charge on any atom is 0.152 e. The summed E-state index contributed by atoms with van der Waals surface area (Å²) >= 11 is 3.47. The van der Waals surface area contributed by atoms with Crippen LogP contribution < -0.4 is 0 Å². The third-order valence-electron chi connectivity index (χ3n) is 3.26. The number of hydrogen-bond acceptors (Lipinski definition) is 4. The first-order valence-corrected chi connectivity index (χ1v) is 8.45. The van der Waals surface area contributed by atoms with Crippen LogP contribution in [0.15, 0.2) is 28.7 Å². The van der Waals surface area contributed by atoms with Crippen molar-refractivity contribution >= 4 is 25.8 Å². The molecule has 0 saturated carbocycles. The summed E-state index contributed by atoms with van der Waals surface area (Å²) in [5, 5.41) is 9.57. The minimum absolute atomic E-state index is 0.0112. The van der Waals surface area contributed by atoms with Crippen molar-refractivity contribution in [1.82, 2.24) is 4.90 Å². The third-order valence-corrected chi connectivity index (χ3v) is 5.59. The first kappa shape index (κ1) is 14.0. The van der Waals surface area contributed by atoms with E-state index in [-0.39, 0.29) is 24.2 Å². The van der Waals surface area contributed by atoms with E-state index in [2.05, 4.69) is 15.9 Å². The van der Waals surface area contributed by atoms with E-state index in [1.807, 2.05) is 29.2 Å². The second-order valence-corrected chi connectivity index (χ2v) is 7.57. The topological polar surface area (TPSA) is 57.6 Å². The Morgan fingerprint density at radius 3 is 2.44 bits per heavy atom. The van der Waals surface area contributed by atoms with E-state index in [1.165, 1.54) is 0 Å². The summed E-state index contributed by atoms with van der Waals surface area (Å²) in [6.45, 7) is 0.951. The highest BCUT2D eigenvalue weighted by molar-refractivity contribution is 9.10. The van der Waals surface area contributed by atoms with Crippen LogP contribution in [0.5, 0.6) is 0 Å². The van der Waals surface area contributed by atoms with Crippen molar-refractivity contribution in [3.05, 3.63) is 34.3 Å². The molecule has 1 fully saturated rings. The van der Waals surface area contributed by atoms with Crippen LogP contribution >= 0.6 is 15.9 Å². The highest BCUT2D eigenvalue weighted by Gasteiger charge is 2.28. The summed E-state index contributed by atoms with van der Waals surface area (Å²) in [5.41, 5.74) is 0.999. The fourth-order valence-corrected chi connectivity index (χ4v) is 3.97. The second kappa shape index (κ2) is 5.69. The molecule has 1 atom stereocenters. The van der Waals surface area contributed by atoms with Gasteiger partial charge in [0.25, 0.3) is 0 Å². The van der Waals surface area contributed by atoms with E-state index in [1.54, 1.807) is 0 Å². The van der Waals surface area contributed by atoms with Gasteiger partial charge in [-0.3, -0.25) is 4.90 Å². The molecule has 0 aliphatic carbocycles. The molecule has 1 aliphatic heterocycles.